The summed E-state index contributed by atoms with van der Waals surface area (Å²) in [6.07, 6.45) is 2.14. The van der Waals surface area contributed by atoms with Gasteiger partial charge in [-0.05, 0) is 36.8 Å². The van der Waals surface area contributed by atoms with E-state index >= 15 is 0 Å². The van der Waals surface area contributed by atoms with Crippen LogP contribution < -0.4 is 5.73 Å². The first kappa shape index (κ1) is 21.0. The van der Waals surface area contributed by atoms with Crippen LogP contribution in [0.3, 0.4) is 0 Å². The quantitative estimate of drug-likeness (QED) is 0.475. The summed E-state index contributed by atoms with van der Waals surface area (Å²) in [6.45, 7) is 1.82. The third-order valence-corrected chi connectivity index (χ3v) is 4.46. The molecule has 0 aromatic heterocycles. The molecule has 2 rings (SSSR count). The molecule has 0 saturated heterocycles. The number of anilines is 1. The van der Waals surface area contributed by atoms with E-state index in [9.17, 15) is 28.6 Å². The minimum absolute atomic E-state index is 0.175. The Bertz CT molecular complexity index is 862. The van der Waals surface area contributed by atoms with Gasteiger partial charge in [0.25, 0.3) is 11.4 Å². The fourth-order valence-electron chi connectivity index (χ4n) is 2.13. The lowest BCUT2D eigenvalue weighted by Crippen LogP contribution is -2.00. The first-order chi connectivity index (χ1) is 12.1. The number of hydrogen-bond acceptors (Lipinski definition) is 7. The number of benzene rings is 2. The van der Waals surface area contributed by atoms with Crippen LogP contribution >= 0.6 is 0 Å². The van der Waals surface area contributed by atoms with Crippen LogP contribution in [0.25, 0.3) is 0 Å². The molecule has 0 radical (unpaired) electrons. The summed E-state index contributed by atoms with van der Waals surface area (Å²) in [5.74, 6) is 0. The van der Waals surface area contributed by atoms with Crippen LogP contribution in [0, 0.1) is 20.2 Å². The average molecular weight is 381 g/mol. The minimum atomic E-state index is -3.08. The van der Waals surface area contributed by atoms with Crippen molar-refractivity contribution in [2.45, 2.75) is 24.7 Å². The second-order valence-corrected chi connectivity index (χ2v) is 7.40. The van der Waals surface area contributed by atoms with E-state index in [1.54, 1.807) is 12.1 Å². The van der Waals surface area contributed by atoms with Crippen molar-refractivity contribution in [1.29, 1.82) is 0 Å². The van der Waals surface area contributed by atoms with E-state index in [0.29, 0.717) is 23.4 Å². The molecule has 0 amide bonds. The maximum atomic E-state index is 10.9. The SMILES string of the molecule is CCCc1c([N+](=O)[O-])cccc1[N+](=O)[O-].CS(=O)(=O)c1ccc(N)cc1. The zero-order valence-electron chi connectivity index (χ0n) is 14.3. The summed E-state index contributed by atoms with van der Waals surface area (Å²) in [5.41, 5.74) is 5.80. The topological polar surface area (TPSA) is 146 Å². The van der Waals surface area contributed by atoms with Crippen LogP contribution in [0.4, 0.5) is 17.1 Å². The molecule has 26 heavy (non-hydrogen) atoms. The standard InChI is InChI=1S/C9H10N2O4.C7H9NO2S/c1-2-4-7-8(10(12)13)5-3-6-9(7)11(14)15;1-11(9,10)7-4-2-6(8)3-5-7/h3,5-6H,2,4H2,1H3;2-5H,8H2,1H3. The van der Waals surface area contributed by atoms with Crippen molar-refractivity contribution in [2.24, 2.45) is 0 Å². The zero-order chi connectivity index (χ0) is 19.9. The van der Waals surface area contributed by atoms with E-state index in [-0.39, 0.29) is 16.9 Å². The third kappa shape index (κ3) is 5.81. The lowest BCUT2D eigenvalue weighted by Gasteiger charge is -2.01. The van der Waals surface area contributed by atoms with Gasteiger partial charge in [0.2, 0.25) is 0 Å². The fraction of sp³-hybridized carbons (Fsp3) is 0.250. The largest absolute Gasteiger partial charge is 0.399 e. The van der Waals surface area contributed by atoms with Gasteiger partial charge in [0.05, 0.1) is 14.7 Å². The van der Waals surface area contributed by atoms with Crippen molar-refractivity contribution < 1.29 is 18.3 Å². The second kappa shape index (κ2) is 8.90. The number of hydrogen-bond donors (Lipinski definition) is 1. The predicted octanol–water partition coefficient (Wildman–Crippen LogP) is 3.13. The first-order valence-corrected chi connectivity index (χ1v) is 9.43. The van der Waals surface area contributed by atoms with Gasteiger partial charge in [0, 0.05) is 24.1 Å². The average Bonchev–Trinajstić information content (AvgIpc) is 2.55. The summed E-state index contributed by atoms with van der Waals surface area (Å²) in [6, 6.07) is 10.0. The number of nitrogen functional groups attached to an aromatic ring is 1. The molecule has 2 aromatic rings. The molecule has 0 aliphatic heterocycles. The molecule has 0 unspecified atom stereocenters. The Labute approximate surface area is 150 Å². The predicted molar refractivity (Wildman–Crippen MR) is 97.7 cm³/mol. The summed E-state index contributed by atoms with van der Waals surface area (Å²) >= 11 is 0. The van der Waals surface area contributed by atoms with E-state index in [2.05, 4.69) is 0 Å². The monoisotopic (exact) mass is 381 g/mol. The number of nitro benzene ring substituents is 2. The Morgan fingerprint density at radius 3 is 1.77 bits per heavy atom. The van der Waals surface area contributed by atoms with Crippen molar-refractivity contribution in [3.05, 3.63) is 68.3 Å². The van der Waals surface area contributed by atoms with Gasteiger partial charge < -0.3 is 5.73 Å². The van der Waals surface area contributed by atoms with Gasteiger partial charge in [-0.1, -0.05) is 13.3 Å². The molecule has 140 valence electrons. The maximum absolute atomic E-state index is 10.9. The molecule has 10 heteroatoms. The van der Waals surface area contributed by atoms with Crippen molar-refractivity contribution >= 4 is 26.9 Å². The highest BCUT2D eigenvalue weighted by Gasteiger charge is 2.23. The van der Waals surface area contributed by atoms with E-state index < -0.39 is 19.7 Å². The fourth-order valence-corrected chi connectivity index (χ4v) is 2.76. The summed E-state index contributed by atoms with van der Waals surface area (Å²) in [7, 11) is -3.08. The molecule has 9 nitrogen and oxygen atoms in total. The summed E-state index contributed by atoms with van der Waals surface area (Å²) in [4.78, 5) is 20.4. The Morgan fingerprint density at radius 1 is 0.962 bits per heavy atom. The van der Waals surface area contributed by atoms with Crippen LogP contribution in [-0.4, -0.2) is 24.5 Å². The molecule has 0 fully saturated rings. The van der Waals surface area contributed by atoms with E-state index in [4.69, 9.17) is 5.73 Å². The van der Waals surface area contributed by atoms with Crippen molar-refractivity contribution in [3.63, 3.8) is 0 Å². The normalized spacial score (nSPS) is 10.5. The van der Waals surface area contributed by atoms with Crippen LogP contribution in [0.15, 0.2) is 47.4 Å². The Morgan fingerprint density at radius 2 is 1.42 bits per heavy atom. The van der Waals surface area contributed by atoms with Gasteiger partial charge in [0.15, 0.2) is 9.84 Å². The van der Waals surface area contributed by atoms with Crippen molar-refractivity contribution in [1.82, 2.24) is 0 Å². The van der Waals surface area contributed by atoms with Gasteiger partial charge in [0.1, 0.15) is 5.56 Å². The first-order valence-electron chi connectivity index (χ1n) is 7.54. The number of nitro groups is 2. The molecule has 0 bridgehead atoms. The van der Waals surface area contributed by atoms with Gasteiger partial charge >= 0.3 is 0 Å². The van der Waals surface area contributed by atoms with Crippen LogP contribution in [-0.2, 0) is 16.3 Å². The van der Waals surface area contributed by atoms with E-state index in [1.807, 2.05) is 6.92 Å². The van der Waals surface area contributed by atoms with Crippen molar-refractivity contribution in [2.75, 3.05) is 12.0 Å². The molecule has 2 aromatic carbocycles. The van der Waals surface area contributed by atoms with Crippen LogP contribution in [0.5, 0.6) is 0 Å². The van der Waals surface area contributed by atoms with E-state index in [0.717, 1.165) is 0 Å². The number of sulfone groups is 1. The summed E-state index contributed by atoms with van der Waals surface area (Å²) < 4.78 is 21.8. The molecule has 0 aliphatic carbocycles. The van der Waals surface area contributed by atoms with Gasteiger partial charge in [-0.15, -0.1) is 0 Å². The van der Waals surface area contributed by atoms with Gasteiger partial charge in [-0.2, -0.15) is 0 Å². The van der Waals surface area contributed by atoms with Crippen LogP contribution in [0.1, 0.15) is 18.9 Å². The van der Waals surface area contributed by atoms with Crippen LogP contribution in [0.2, 0.25) is 0 Å². The smallest absolute Gasteiger partial charge is 0.279 e. The molecule has 2 N–H and O–H groups in total. The molecular weight excluding hydrogens is 362 g/mol. The maximum Gasteiger partial charge on any atom is 0.279 e. The highest BCUT2D eigenvalue weighted by atomic mass is 32.2. The van der Waals surface area contributed by atoms with Gasteiger partial charge in [-0.25, -0.2) is 8.42 Å². The Hall–Kier alpha value is -3.01. The highest BCUT2D eigenvalue weighted by Crippen LogP contribution is 2.29. The number of rotatable bonds is 5. The third-order valence-electron chi connectivity index (χ3n) is 3.33. The minimum Gasteiger partial charge on any atom is -0.399 e. The molecule has 0 heterocycles. The molecule has 0 spiro atoms. The Kier molecular flexibility index (Phi) is 7.20. The Balaban J connectivity index is 0.000000273. The molecule has 0 saturated carbocycles. The number of nitrogens with zero attached hydrogens (tertiary/aromatic N) is 2. The molecule has 0 atom stereocenters. The van der Waals surface area contributed by atoms with Crippen molar-refractivity contribution in [3.8, 4) is 0 Å². The zero-order valence-corrected chi connectivity index (χ0v) is 15.1. The molecule has 0 aliphatic rings. The van der Waals surface area contributed by atoms with Gasteiger partial charge in [-0.3, -0.25) is 20.2 Å². The lowest BCUT2D eigenvalue weighted by molar-refractivity contribution is -0.395. The highest BCUT2D eigenvalue weighted by molar-refractivity contribution is 7.90. The number of nitrogens with two attached hydrogens (primary N) is 1. The summed E-state index contributed by atoms with van der Waals surface area (Å²) in [5, 5.41) is 21.3. The lowest BCUT2D eigenvalue weighted by atomic mass is 10.1. The molecular formula is C16H19N3O6S. The second-order valence-electron chi connectivity index (χ2n) is 5.38. The van der Waals surface area contributed by atoms with E-state index in [1.165, 1.54) is 36.6 Å².